The predicted molar refractivity (Wildman–Crippen MR) is 141 cm³/mol. The van der Waals surface area contributed by atoms with Gasteiger partial charge in [0, 0.05) is 37.5 Å². The van der Waals surface area contributed by atoms with Crippen LogP contribution in [-0.2, 0) is 10.7 Å². The van der Waals surface area contributed by atoms with Crippen molar-refractivity contribution in [3.05, 3.63) is 46.8 Å². The summed E-state index contributed by atoms with van der Waals surface area (Å²) in [4.78, 5) is 18.5. The summed E-state index contributed by atoms with van der Waals surface area (Å²) >= 11 is 0. The molecule has 8 nitrogen and oxygen atoms in total. The van der Waals surface area contributed by atoms with Crippen LogP contribution in [0.4, 0.5) is 19.4 Å². The van der Waals surface area contributed by atoms with E-state index in [1.807, 2.05) is 58.9 Å². The minimum atomic E-state index is -3.27. The van der Waals surface area contributed by atoms with Crippen LogP contribution in [0.2, 0.25) is 0 Å². The second-order valence-corrected chi connectivity index (χ2v) is 11.6. The number of anilines is 1. The van der Waals surface area contributed by atoms with Gasteiger partial charge in [-0.2, -0.15) is 18.6 Å². The maximum absolute atomic E-state index is 14.3. The number of aromatic nitrogens is 3. The molecule has 0 spiro atoms. The molecule has 1 aliphatic heterocycles. The number of pyridine rings is 1. The molecule has 1 atom stereocenters. The summed E-state index contributed by atoms with van der Waals surface area (Å²) in [5.74, 6) is -3.31. The van der Waals surface area contributed by atoms with E-state index in [-0.39, 0.29) is 16.6 Å². The summed E-state index contributed by atoms with van der Waals surface area (Å²) in [5.41, 5.74) is 2.68. The number of alkyl halides is 2. The Labute approximate surface area is 221 Å². The lowest BCUT2D eigenvalue weighted by molar-refractivity contribution is 0.00799. The highest BCUT2D eigenvalue weighted by Gasteiger charge is 2.39. The number of fused-ring (bicyclic) bond motifs is 1. The van der Waals surface area contributed by atoms with Crippen LogP contribution >= 0.6 is 0 Å². The Bertz CT molecular complexity index is 1430. The number of rotatable bonds is 5. The number of nitriles is 1. The highest BCUT2D eigenvalue weighted by atomic mass is 19.3. The average molecular weight is 525 g/mol. The molecule has 1 N–H and O–H groups in total. The molecule has 1 fully saturated rings. The topological polar surface area (TPSA) is 95.5 Å². The zero-order valence-electron chi connectivity index (χ0n) is 22.9. The van der Waals surface area contributed by atoms with Gasteiger partial charge in [-0.15, -0.1) is 5.10 Å². The van der Waals surface area contributed by atoms with E-state index in [4.69, 9.17) is 4.74 Å². The van der Waals surface area contributed by atoms with Gasteiger partial charge < -0.3 is 15.0 Å². The fraction of sp³-hybridized carbons (Fsp3) is 0.500. The zero-order valence-corrected chi connectivity index (χ0v) is 22.9. The van der Waals surface area contributed by atoms with Crippen LogP contribution in [0.3, 0.4) is 0 Å². The number of amides is 1. The Hall–Kier alpha value is -3.74. The van der Waals surface area contributed by atoms with E-state index in [0.29, 0.717) is 31.0 Å². The van der Waals surface area contributed by atoms with Crippen LogP contribution in [0.1, 0.15) is 63.6 Å². The van der Waals surface area contributed by atoms with E-state index in [1.54, 1.807) is 0 Å². The third-order valence-corrected chi connectivity index (χ3v) is 6.73. The van der Waals surface area contributed by atoms with Gasteiger partial charge in [-0.3, -0.25) is 0 Å². The number of alkyl carbamates (subject to hydrolysis) is 1. The quantitative estimate of drug-likeness (QED) is 0.458. The molecule has 0 unspecified atom stereocenters. The minimum absolute atomic E-state index is 0.105. The van der Waals surface area contributed by atoms with Gasteiger partial charge in [0.2, 0.25) is 5.82 Å². The summed E-state index contributed by atoms with van der Waals surface area (Å²) in [5, 5.41) is 17.1. The van der Waals surface area contributed by atoms with Gasteiger partial charge >= 0.3 is 12.0 Å². The SMILES string of the molecule is Cc1cccc(-c2c(C)c(C#N)c3nc(C(C)(F)F)nn3c2N2CC[C@@](C)(CNC(=O)OC(C)(C)C)C2)c1. The maximum atomic E-state index is 14.3. The van der Waals surface area contributed by atoms with Crippen molar-refractivity contribution < 1.29 is 18.3 Å². The molecule has 3 aromatic rings. The summed E-state index contributed by atoms with van der Waals surface area (Å²) in [7, 11) is 0. The van der Waals surface area contributed by atoms with E-state index >= 15 is 0 Å². The van der Waals surface area contributed by atoms with Crippen molar-refractivity contribution in [2.75, 3.05) is 24.5 Å². The van der Waals surface area contributed by atoms with Crippen LogP contribution in [0, 0.1) is 30.6 Å². The Balaban J connectivity index is 1.83. The number of carbonyl (C=O) groups is 1. The lowest BCUT2D eigenvalue weighted by atomic mass is 9.90. The number of hydrogen-bond donors (Lipinski definition) is 1. The van der Waals surface area contributed by atoms with Crippen molar-refractivity contribution in [3.63, 3.8) is 0 Å². The molecule has 0 saturated carbocycles. The second kappa shape index (κ2) is 9.53. The van der Waals surface area contributed by atoms with Crippen molar-refractivity contribution in [3.8, 4) is 17.2 Å². The lowest BCUT2D eigenvalue weighted by Crippen LogP contribution is -2.40. The Morgan fingerprint density at radius 2 is 1.97 bits per heavy atom. The number of aryl methyl sites for hydroxylation is 1. The number of nitrogens with one attached hydrogen (secondary N) is 1. The summed E-state index contributed by atoms with van der Waals surface area (Å²) in [6.45, 7) is 13.5. The molecule has 1 aliphatic rings. The van der Waals surface area contributed by atoms with Gasteiger partial charge in [0.25, 0.3) is 0 Å². The van der Waals surface area contributed by atoms with Gasteiger partial charge in [0.05, 0.1) is 0 Å². The van der Waals surface area contributed by atoms with Gasteiger partial charge in [-0.05, 0) is 52.2 Å². The van der Waals surface area contributed by atoms with Crippen molar-refractivity contribution in [2.24, 2.45) is 5.41 Å². The molecule has 1 amide bonds. The van der Waals surface area contributed by atoms with Crippen molar-refractivity contribution in [2.45, 2.75) is 66.4 Å². The zero-order chi connectivity index (χ0) is 28.0. The smallest absolute Gasteiger partial charge is 0.407 e. The first-order chi connectivity index (χ1) is 17.6. The van der Waals surface area contributed by atoms with E-state index in [0.717, 1.165) is 30.0 Å². The highest BCUT2D eigenvalue weighted by molar-refractivity contribution is 5.85. The third kappa shape index (κ3) is 5.42. The van der Waals surface area contributed by atoms with Crippen LogP contribution in [0.15, 0.2) is 24.3 Å². The van der Waals surface area contributed by atoms with Crippen LogP contribution in [-0.4, -0.2) is 45.9 Å². The Kier molecular flexibility index (Phi) is 6.85. The first-order valence-electron chi connectivity index (χ1n) is 12.6. The largest absolute Gasteiger partial charge is 0.444 e. The first kappa shape index (κ1) is 27.3. The summed E-state index contributed by atoms with van der Waals surface area (Å²) in [6.07, 6.45) is 0.252. The molecule has 2 aromatic heterocycles. The Morgan fingerprint density at radius 1 is 1.26 bits per heavy atom. The number of hydrogen-bond acceptors (Lipinski definition) is 6. The molecule has 4 rings (SSSR count). The fourth-order valence-electron chi connectivity index (χ4n) is 4.89. The lowest BCUT2D eigenvalue weighted by Gasteiger charge is -2.29. The molecule has 0 aliphatic carbocycles. The van der Waals surface area contributed by atoms with E-state index in [2.05, 4.69) is 33.3 Å². The number of halogens is 2. The van der Waals surface area contributed by atoms with Crippen molar-refractivity contribution in [1.82, 2.24) is 19.9 Å². The molecule has 1 saturated heterocycles. The van der Waals surface area contributed by atoms with Crippen molar-refractivity contribution >= 4 is 17.6 Å². The number of benzene rings is 1. The summed E-state index contributed by atoms with van der Waals surface area (Å²) in [6, 6.07) is 10.0. The van der Waals surface area contributed by atoms with E-state index in [1.165, 1.54) is 4.52 Å². The molecule has 0 bridgehead atoms. The molecule has 0 radical (unpaired) electrons. The third-order valence-electron chi connectivity index (χ3n) is 6.73. The highest BCUT2D eigenvalue weighted by Crippen LogP contribution is 2.42. The average Bonchev–Trinajstić information content (AvgIpc) is 3.40. The van der Waals surface area contributed by atoms with Gasteiger partial charge in [-0.25, -0.2) is 9.78 Å². The Morgan fingerprint density at radius 3 is 2.58 bits per heavy atom. The van der Waals surface area contributed by atoms with Gasteiger partial charge in [-0.1, -0.05) is 36.8 Å². The molecule has 10 heteroatoms. The molecular weight excluding hydrogens is 490 g/mol. The molecule has 3 heterocycles. The van der Waals surface area contributed by atoms with Gasteiger partial charge in [0.1, 0.15) is 23.1 Å². The van der Waals surface area contributed by atoms with E-state index < -0.39 is 23.4 Å². The number of nitrogens with zero attached hydrogens (tertiary/aromatic N) is 5. The van der Waals surface area contributed by atoms with Gasteiger partial charge in [0.15, 0.2) is 5.65 Å². The molecule has 38 heavy (non-hydrogen) atoms. The number of ether oxygens (including phenoxy) is 1. The normalized spacial score (nSPS) is 18.1. The minimum Gasteiger partial charge on any atom is -0.444 e. The van der Waals surface area contributed by atoms with Crippen LogP contribution < -0.4 is 10.2 Å². The summed E-state index contributed by atoms with van der Waals surface area (Å²) < 4.78 is 35.5. The van der Waals surface area contributed by atoms with E-state index in [9.17, 15) is 18.8 Å². The molecular formula is C28H34F2N6O2. The molecule has 1 aromatic carbocycles. The molecule has 202 valence electrons. The van der Waals surface area contributed by atoms with Crippen molar-refractivity contribution in [1.29, 1.82) is 5.26 Å². The predicted octanol–water partition coefficient (Wildman–Crippen LogP) is 5.74. The van der Waals surface area contributed by atoms with Crippen LogP contribution in [0.5, 0.6) is 0 Å². The monoisotopic (exact) mass is 524 g/mol. The maximum Gasteiger partial charge on any atom is 0.407 e. The van der Waals surface area contributed by atoms with Crippen LogP contribution in [0.25, 0.3) is 16.8 Å². The second-order valence-electron chi connectivity index (χ2n) is 11.6. The first-order valence-corrected chi connectivity index (χ1v) is 12.6. The standard InChI is InChI=1S/C28H34F2N6O2/c1-17-9-8-10-19(13-17)21-18(2)20(14-31)22-33-24(28(7,29)30)34-36(22)23(21)35-12-11-27(6,16-35)15-32-25(37)38-26(3,4)5/h8-10,13H,11-12,15-16H2,1-7H3,(H,32,37)/t27-/m0/s1. The number of carbonyl (C=O) groups excluding carboxylic acids is 1. The fourth-order valence-corrected chi connectivity index (χ4v) is 4.89.